The molecular weight excluding hydrogens is 196 g/mol. The van der Waals surface area contributed by atoms with Crippen molar-refractivity contribution in [1.82, 2.24) is 4.98 Å². The molecule has 2 heterocycles. The van der Waals surface area contributed by atoms with Crippen LogP contribution in [0.25, 0.3) is 0 Å². The van der Waals surface area contributed by atoms with Gasteiger partial charge in [0.2, 0.25) is 0 Å². The number of nitrogens with zero attached hydrogens (tertiary/aromatic N) is 2. The first-order chi connectivity index (χ1) is 7.75. The summed E-state index contributed by atoms with van der Waals surface area (Å²) in [4.78, 5) is 6.68. The van der Waals surface area contributed by atoms with Gasteiger partial charge >= 0.3 is 0 Å². The van der Waals surface area contributed by atoms with Gasteiger partial charge < -0.3 is 4.90 Å². The molecule has 2 heteroatoms. The van der Waals surface area contributed by atoms with Gasteiger partial charge in [-0.2, -0.15) is 0 Å². The van der Waals surface area contributed by atoms with Gasteiger partial charge in [0.05, 0.1) is 11.4 Å². The molecule has 0 bridgehead atoms. The van der Waals surface area contributed by atoms with Gasteiger partial charge in [-0.15, -0.1) is 0 Å². The Labute approximate surface area is 95.6 Å². The highest BCUT2D eigenvalue weighted by Crippen LogP contribution is 2.36. The molecular formula is C14H14N2. The van der Waals surface area contributed by atoms with Crippen molar-refractivity contribution < 1.29 is 0 Å². The fourth-order valence-corrected chi connectivity index (χ4v) is 2.32. The Hall–Kier alpha value is -1.83. The summed E-state index contributed by atoms with van der Waals surface area (Å²) in [6, 6.07) is 10.7. The van der Waals surface area contributed by atoms with Crippen LogP contribution in [0.1, 0.15) is 16.8 Å². The first-order valence-electron chi connectivity index (χ1n) is 5.53. The first-order valence-corrected chi connectivity index (χ1v) is 5.53. The fourth-order valence-electron chi connectivity index (χ4n) is 2.32. The number of rotatable bonds is 0. The van der Waals surface area contributed by atoms with E-state index in [9.17, 15) is 0 Å². The largest absolute Gasteiger partial charge is 0.343 e. The predicted molar refractivity (Wildman–Crippen MR) is 66.3 cm³/mol. The van der Waals surface area contributed by atoms with Crippen LogP contribution in [0.5, 0.6) is 0 Å². The normalized spacial score (nSPS) is 13.2. The molecule has 0 saturated heterocycles. The van der Waals surface area contributed by atoms with Crippen LogP contribution in [-0.4, -0.2) is 12.0 Å². The van der Waals surface area contributed by atoms with Crippen molar-refractivity contribution >= 4 is 11.4 Å². The zero-order valence-corrected chi connectivity index (χ0v) is 9.57. The van der Waals surface area contributed by atoms with E-state index >= 15 is 0 Å². The van der Waals surface area contributed by atoms with E-state index in [2.05, 4.69) is 48.1 Å². The predicted octanol–water partition coefficient (Wildman–Crippen LogP) is 3.06. The minimum atomic E-state index is 0.941. The van der Waals surface area contributed by atoms with Crippen molar-refractivity contribution in [3.05, 3.63) is 53.3 Å². The summed E-state index contributed by atoms with van der Waals surface area (Å²) in [7, 11) is 2.11. The average Bonchev–Trinajstić information content (AvgIpc) is 2.31. The highest BCUT2D eigenvalue weighted by molar-refractivity contribution is 5.72. The molecule has 0 amide bonds. The minimum Gasteiger partial charge on any atom is -0.343 e. The summed E-state index contributed by atoms with van der Waals surface area (Å²) in [5.74, 6) is 0. The number of pyridine rings is 1. The standard InChI is InChI=1S/C14H14N2/c1-10-5-6-11-9-12-13(4-3-7-15-12)16(2)14(11)8-10/h3-8H,9H2,1-2H3. The van der Waals surface area contributed by atoms with Crippen LogP contribution in [0.2, 0.25) is 0 Å². The van der Waals surface area contributed by atoms with Gasteiger partial charge in [0.15, 0.2) is 0 Å². The molecule has 2 nitrogen and oxygen atoms in total. The molecule has 16 heavy (non-hydrogen) atoms. The molecule has 0 atom stereocenters. The lowest BCUT2D eigenvalue weighted by atomic mass is 9.98. The topological polar surface area (TPSA) is 16.1 Å². The van der Waals surface area contributed by atoms with Crippen LogP contribution in [-0.2, 0) is 6.42 Å². The van der Waals surface area contributed by atoms with Gasteiger partial charge in [0, 0.05) is 25.4 Å². The maximum Gasteiger partial charge on any atom is 0.0684 e. The molecule has 0 fully saturated rings. The summed E-state index contributed by atoms with van der Waals surface area (Å²) in [5, 5.41) is 0. The van der Waals surface area contributed by atoms with Crippen molar-refractivity contribution in [2.45, 2.75) is 13.3 Å². The van der Waals surface area contributed by atoms with Gasteiger partial charge in [0.1, 0.15) is 0 Å². The highest BCUT2D eigenvalue weighted by Gasteiger charge is 2.19. The summed E-state index contributed by atoms with van der Waals surface area (Å²) in [6.45, 7) is 2.13. The lowest BCUT2D eigenvalue weighted by molar-refractivity contribution is 0.989. The van der Waals surface area contributed by atoms with Crippen LogP contribution in [0.3, 0.4) is 0 Å². The zero-order valence-electron chi connectivity index (χ0n) is 9.57. The molecule has 1 aromatic heterocycles. The lowest BCUT2D eigenvalue weighted by Crippen LogP contribution is -2.19. The Balaban J connectivity index is 2.19. The second-order valence-corrected chi connectivity index (χ2v) is 4.34. The van der Waals surface area contributed by atoms with Crippen LogP contribution in [0.15, 0.2) is 36.5 Å². The number of fused-ring (bicyclic) bond motifs is 2. The maximum atomic E-state index is 4.45. The molecule has 1 aliphatic rings. The quantitative estimate of drug-likeness (QED) is 0.664. The van der Waals surface area contributed by atoms with Gasteiger partial charge in [-0.25, -0.2) is 0 Å². The summed E-state index contributed by atoms with van der Waals surface area (Å²) in [5.41, 5.74) is 6.36. The van der Waals surface area contributed by atoms with Crippen molar-refractivity contribution in [2.75, 3.05) is 11.9 Å². The van der Waals surface area contributed by atoms with E-state index in [-0.39, 0.29) is 0 Å². The number of aryl methyl sites for hydroxylation is 1. The van der Waals surface area contributed by atoms with Crippen molar-refractivity contribution in [3.8, 4) is 0 Å². The second-order valence-electron chi connectivity index (χ2n) is 4.34. The van der Waals surface area contributed by atoms with Crippen LogP contribution >= 0.6 is 0 Å². The Morgan fingerprint density at radius 1 is 1.19 bits per heavy atom. The molecule has 1 aromatic carbocycles. The van der Waals surface area contributed by atoms with Crippen molar-refractivity contribution in [1.29, 1.82) is 0 Å². The van der Waals surface area contributed by atoms with E-state index in [0.29, 0.717) is 0 Å². The molecule has 0 N–H and O–H groups in total. The number of hydrogen-bond donors (Lipinski definition) is 0. The third kappa shape index (κ3) is 1.30. The average molecular weight is 210 g/mol. The van der Waals surface area contributed by atoms with Crippen LogP contribution in [0.4, 0.5) is 11.4 Å². The van der Waals surface area contributed by atoms with E-state index in [1.165, 1.54) is 28.2 Å². The van der Waals surface area contributed by atoms with Gasteiger partial charge in [-0.05, 0) is 36.2 Å². The monoisotopic (exact) mass is 210 g/mol. The van der Waals surface area contributed by atoms with Gasteiger partial charge in [-0.1, -0.05) is 12.1 Å². The van der Waals surface area contributed by atoms with Crippen molar-refractivity contribution in [3.63, 3.8) is 0 Å². The third-order valence-corrected chi connectivity index (χ3v) is 3.19. The molecule has 0 saturated carbocycles. The number of hydrogen-bond acceptors (Lipinski definition) is 2. The van der Waals surface area contributed by atoms with Crippen molar-refractivity contribution in [2.24, 2.45) is 0 Å². The number of aromatic nitrogens is 1. The van der Waals surface area contributed by atoms with Crippen LogP contribution in [0, 0.1) is 6.92 Å². The molecule has 0 radical (unpaired) electrons. The Morgan fingerprint density at radius 2 is 2.06 bits per heavy atom. The van der Waals surface area contributed by atoms with Crippen LogP contribution < -0.4 is 4.90 Å². The number of benzene rings is 1. The molecule has 0 aliphatic carbocycles. The molecule has 80 valence electrons. The molecule has 3 rings (SSSR count). The summed E-state index contributed by atoms with van der Waals surface area (Å²) in [6.07, 6.45) is 2.81. The summed E-state index contributed by atoms with van der Waals surface area (Å²) >= 11 is 0. The molecule has 2 aromatic rings. The van der Waals surface area contributed by atoms with E-state index in [1.807, 2.05) is 12.3 Å². The van der Waals surface area contributed by atoms with Gasteiger partial charge in [-0.3, -0.25) is 4.98 Å². The Morgan fingerprint density at radius 3 is 2.94 bits per heavy atom. The molecule has 0 spiro atoms. The first kappa shape index (κ1) is 9.40. The third-order valence-electron chi connectivity index (χ3n) is 3.19. The second kappa shape index (κ2) is 3.34. The molecule has 1 aliphatic heterocycles. The van der Waals surface area contributed by atoms with Gasteiger partial charge in [0.25, 0.3) is 0 Å². The lowest BCUT2D eigenvalue weighted by Gasteiger charge is -2.29. The van der Waals surface area contributed by atoms with E-state index in [4.69, 9.17) is 0 Å². The Bertz CT molecular complexity index is 546. The zero-order chi connectivity index (χ0) is 11.1. The number of anilines is 2. The van der Waals surface area contributed by atoms with E-state index in [1.54, 1.807) is 0 Å². The smallest absolute Gasteiger partial charge is 0.0684 e. The fraction of sp³-hybridized carbons (Fsp3) is 0.214. The molecule has 0 unspecified atom stereocenters. The maximum absolute atomic E-state index is 4.45. The Kier molecular flexibility index (Phi) is 1.96. The SMILES string of the molecule is Cc1ccc2c(c1)N(C)c1cccnc1C2. The van der Waals surface area contributed by atoms with E-state index in [0.717, 1.165) is 6.42 Å². The highest BCUT2D eigenvalue weighted by atomic mass is 15.1. The summed E-state index contributed by atoms with van der Waals surface area (Å²) < 4.78 is 0. The minimum absolute atomic E-state index is 0.941. The van der Waals surface area contributed by atoms with E-state index < -0.39 is 0 Å².